The minimum Gasteiger partial charge on any atom is -0.322 e. The summed E-state index contributed by atoms with van der Waals surface area (Å²) in [5.74, 6) is -0.170. The van der Waals surface area contributed by atoms with Crippen LogP contribution in [0.5, 0.6) is 0 Å². The largest absolute Gasteiger partial charge is 0.322 e. The zero-order valence-electron chi connectivity index (χ0n) is 12.0. The molecule has 1 heterocycles. The van der Waals surface area contributed by atoms with Crippen LogP contribution in [0.15, 0.2) is 18.2 Å². The van der Waals surface area contributed by atoms with Gasteiger partial charge in [-0.25, -0.2) is 4.39 Å². The summed E-state index contributed by atoms with van der Waals surface area (Å²) in [6.45, 7) is 10.1. The zero-order valence-corrected chi connectivity index (χ0v) is 12.0. The standard InChI is InChI=1S/C15H24FN3/c1-11-10-12(4-5-13(11)16)14(17)15(2,3)19-8-6-18-7-9-19/h4-5,10,14,18H,6-9,17H2,1-3H3. The van der Waals surface area contributed by atoms with Crippen molar-refractivity contribution < 1.29 is 4.39 Å². The van der Waals surface area contributed by atoms with Gasteiger partial charge >= 0.3 is 0 Å². The van der Waals surface area contributed by atoms with Gasteiger partial charge in [0.15, 0.2) is 0 Å². The molecule has 1 aliphatic rings. The van der Waals surface area contributed by atoms with Gasteiger partial charge in [-0.05, 0) is 38.0 Å². The van der Waals surface area contributed by atoms with E-state index in [1.165, 1.54) is 6.07 Å². The molecule has 1 aliphatic heterocycles. The van der Waals surface area contributed by atoms with E-state index in [1.807, 2.05) is 6.07 Å². The van der Waals surface area contributed by atoms with Crippen LogP contribution in [0.25, 0.3) is 0 Å². The molecule has 0 aromatic heterocycles. The molecule has 1 aromatic carbocycles. The fourth-order valence-electron chi connectivity index (χ4n) is 2.71. The van der Waals surface area contributed by atoms with E-state index in [9.17, 15) is 4.39 Å². The summed E-state index contributed by atoms with van der Waals surface area (Å²) in [6, 6.07) is 5.06. The number of rotatable bonds is 3. The Bertz CT molecular complexity index is 439. The summed E-state index contributed by atoms with van der Waals surface area (Å²) in [7, 11) is 0. The highest BCUT2D eigenvalue weighted by Crippen LogP contribution is 2.30. The molecular formula is C15H24FN3. The van der Waals surface area contributed by atoms with Crippen LogP contribution < -0.4 is 11.1 Å². The number of nitrogens with one attached hydrogen (secondary N) is 1. The predicted octanol–water partition coefficient (Wildman–Crippen LogP) is 1.82. The number of aryl methyl sites for hydroxylation is 1. The second-order valence-electron chi connectivity index (χ2n) is 5.88. The molecule has 3 nitrogen and oxygen atoms in total. The van der Waals surface area contributed by atoms with Crippen LogP contribution in [0.2, 0.25) is 0 Å². The molecule has 1 fully saturated rings. The third-order valence-electron chi connectivity index (χ3n) is 4.23. The highest BCUT2D eigenvalue weighted by atomic mass is 19.1. The maximum absolute atomic E-state index is 13.4. The van der Waals surface area contributed by atoms with Crippen molar-refractivity contribution >= 4 is 0 Å². The number of nitrogens with two attached hydrogens (primary N) is 1. The van der Waals surface area contributed by atoms with Crippen molar-refractivity contribution in [1.82, 2.24) is 10.2 Å². The molecule has 0 saturated carbocycles. The maximum Gasteiger partial charge on any atom is 0.126 e. The molecule has 2 rings (SSSR count). The lowest BCUT2D eigenvalue weighted by Crippen LogP contribution is -2.57. The van der Waals surface area contributed by atoms with Gasteiger partial charge in [0.25, 0.3) is 0 Å². The van der Waals surface area contributed by atoms with Gasteiger partial charge in [-0.1, -0.05) is 12.1 Å². The quantitative estimate of drug-likeness (QED) is 0.876. The molecule has 19 heavy (non-hydrogen) atoms. The highest BCUT2D eigenvalue weighted by molar-refractivity contribution is 5.28. The van der Waals surface area contributed by atoms with Gasteiger partial charge in [-0.15, -0.1) is 0 Å². The molecule has 0 bridgehead atoms. The molecule has 106 valence electrons. The van der Waals surface area contributed by atoms with E-state index in [4.69, 9.17) is 5.73 Å². The smallest absolute Gasteiger partial charge is 0.126 e. The minimum atomic E-state index is -0.170. The first-order chi connectivity index (χ1) is 8.93. The second kappa shape index (κ2) is 5.57. The fourth-order valence-corrected chi connectivity index (χ4v) is 2.71. The van der Waals surface area contributed by atoms with Gasteiger partial charge in [0.2, 0.25) is 0 Å². The molecule has 4 heteroatoms. The first-order valence-electron chi connectivity index (χ1n) is 6.90. The van der Waals surface area contributed by atoms with E-state index in [-0.39, 0.29) is 17.4 Å². The molecule has 0 amide bonds. The summed E-state index contributed by atoms with van der Waals surface area (Å²) < 4.78 is 13.4. The number of piperazine rings is 1. The average molecular weight is 265 g/mol. The Kier molecular flexibility index (Phi) is 4.23. The Balaban J connectivity index is 2.20. The third-order valence-corrected chi connectivity index (χ3v) is 4.23. The van der Waals surface area contributed by atoms with Gasteiger partial charge in [-0.2, -0.15) is 0 Å². The normalized spacial score (nSPS) is 19.4. The minimum absolute atomic E-state index is 0.120. The summed E-state index contributed by atoms with van der Waals surface area (Å²) in [5.41, 5.74) is 7.96. The third kappa shape index (κ3) is 2.96. The molecule has 1 unspecified atom stereocenters. The average Bonchev–Trinajstić information content (AvgIpc) is 2.42. The summed E-state index contributed by atoms with van der Waals surface area (Å²) >= 11 is 0. The van der Waals surface area contributed by atoms with Crippen molar-refractivity contribution in [3.05, 3.63) is 35.1 Å². The van der Waals surface area contributed by atoms with E-state index >= 15 is 0 Å². The molecule has 0 radical (unpaired) electrons. The van der Waals surface area contributed by atoms with Crippen molar-refractivity contribution in [3.63, 3.8) is 0 Å². The van der Waals surface area contributed by atoms with Crippen LogP contribution in [0.4, 0.5) is 4.39 Å². The van der Waals surface area contributed by atoms with Gasteiger partial charge in [0, 0.05) is 37.8 Å². The summed E-state index contributed by atoms with van der Waals surface area (Å²) in [4.78, 5) is 2.41. The first kappa shape index (κ1) is 14.4. The van der Waals surface area contributed by atoms with E-state index in [1.54, 1.807) is 13.0 Å². The number of hydrogen-bond donors (Lipinski definition) is 2. The van der Waals surface area contributed by atoms with Crippen LogP contribution in [-0.2, 0) is 0 Å². The topological polar surface area (TPSA) is 41.3 Å². The Morgan fingerprint density at radius 3 is 2.53 bits per heavy atom. The lowest BCUT2D eigenvalue weighted by molar-refractivity contribution is 0.0800. The predicted molar refractivity (Wildman–Crippen MR) is 76.6 cm³/mol. The van der Waals surface area contributed by atoms with E-state index in [0.717, 1.165) is 31.7 Å². The lowest BCUT2D eigenvalue weighted by Gasteiger charge is -2.45. The van der Waals surface area contributed by atoms with Crippen molar-refractivity contribution in [2.75, 3.05) is 26.2 Å². The van der Waals surface area contributed by atoms with Gasteiger partial charge in [-0.3, -0.25) is 4.90 Å². The van der Waals surface area contributed by atoms with Crippen molar-refractivity contribution in [2.45, 2.75) is 32.4 Å². The van der Waals surface area contributed by atoms with Crippen LogP contribution in [0.3, 0.4) is 0 Å². The Morgan fingerprint density at radius 1 is 1.32 bits per heavy atom. The van der Waals surface area contributed by atoms with Crippen molar-refractivity contribution in [3.8, 4) is 0 Å². The van der Waals surface area contributed by atoms with Crippen LogP contribution >= 0.6 is 0 Å². The van der Waals surface area contributed by atoms with E-state index in [0.29, 0.717) is 5.56 Å². The summed E-state index contributed by atoms with van der Waals surface area (Å²) in [6.07, 6.45) is 0. The molecule has 0 aliphatic carbocycles. The first-order valence-corrected chi connectivity index (χ1v) is 6.90. The van der Waals surface area contributed by atoms with E-state index < -0.39 is 0 Å². The number of hydrogen-bond acceptors (Lipinski definition) is 3. The van der Waals surface area contributed by atoms with Crippen LogP contribution in [-0.4, -0.2) is 36.6 Å². The lowest BCUT2D eigenvalue weighted by atomic mass is 9.86. The number of benzene rings is 1. The monoisotopic (exact) mass is 265 g/mol. The number of nitrogens with zero attached hydrogens (tertiary/aromatic N) is 1. The highest BCUT2D eigenvalue weighted by Gasteiger charge is 2.34. The Morgan fingerprint density at radius 2 is 1.95 bits per heavy atom. The SMILES string of the molecule is Cc1cc(C(N)C(C)(C)N2CCNCC2)ccc1F. The van der Waals surface area contributed by atoms with Crippen molar-refractivity contribution in [2.24, 2.45) is 5.73 Å². The van der Waals surface area contributed by atoms with Crippen LogP contribution in [0, 0.1) is 12.7 Å². The van der Waals surface area contributed by atoms with E-state index in [2.05, 4.69) is 24.1 Å². The van der Waals surface area contributed by atoms with Crippen LogP contribution in [0.1, 0.15) is 31.0 Å². The maximum atomic E-state index is 13.4. The van der Waals surface area contributed by atoms with Gasteiger partial charge in [0.05, 0.1) is 0 Å². The van der Waals surface area contributed by atoms with Crippen molar-refractivity contribution in [1.29, 1.82) is 0 Å². The Hall–Kier alpha value is -0.970. The molecule has 1 aromatic rings. The summed E-state index contributed by atoms with van der Waals surface area (Å²) in [5, 5.41) is 3.35. The fraction of sp³-hybridized carbons (Fsp3) is 0.600. The molecule has 0 spiro atoms. The van der Waals surface area contributed by atoms with Gasteiger partial charge in [0.1, 0.15) is 5.82 Å². The molecule has 1 atom stereocenters. The second-order valence-corrected chi connectivity index (χ2v) is 5.88. The molecule has 1 saturated heterocycles. The van der Waals surface area contributed by atoms with Gasteiger partial charge < -0.3 is 11.1 Å². The molecular weight excluding hydrogens is 241 g/mol. The zero-order chi connectivity index (χ0) is 14.0. The molecule has 3 N–H and O–H groups in total. The number of halogens is 1. The Labute approximate surface area is 115 Å².